The van der Waals surface area contributed by atoms with Crippen molar-refractivity contribution in [2.45, 2.75) is 0 Å². The molecule has 0 N–H and O–H groups in total. The summed E-state index contributed by atoms with van der Waals surface area (Å²) >= 11 is 0. The summed E-state index contributed by atoms with van der Waals surface area (Å²) in [5, 5.41) is 0. The summed E-state index contributed by atoms with van der Waals surface area (Å²) in [6.07, 6.45) is 6.89. The maximum Gasteiger partial charge on any atom is 0.254 e. The first-order chi connectivity index (χ1) is 20.9. The van der Waals surface area contributed by atoms with Crippen LogP contribution in [0.2, 0.25) is 0 Å². The third-order valence-electron chi connectivity index (χ3n) is 7.13. The van der Waals surface area contributed by atoms with Gasteiger partial charge in [0.25, 0.3) is 5.91 Å². The van der Waals surface area contributed by atoms with Crippen molar-refractivity contribution in [1.82, 2.24) is 4.90 Å². The van der Waals surface area contributed by atoms with Crippen molar-refractivity contribution >= 4 is 35.7 Å². The predicted molar refractivity (Wildman–Crippen MR) is 169 cm³/mol. The number of carbonyl (C=O) groups excluding carboxylic acids is 3. The number of ether oxygens (including phenoxy) is 2. The van der Waals surface area contributed by atoms with E-state index in [-0.39, 0.29) is 30.6 Å². The van der Waals surface area contributed by atoms with Crippen molar-refractivity contribution in [2.24, 2.45) is 0 Å². The fourth-order valence-electron chi connectivity index (χ4n) is 4.86. The number of piperidine rings is 1. The zero-order valence-electron chi connectivity index (χ0n) is 24.0. The molecule has 4 aromatic rings. The van der Waals surface area contributed by atoms with Gasteiger partial charge in [-0.1, -0.05) is 78.9 Å². The number of rotatable bonds is 8. The Labute approximate surface area is 251 Å². The number of methoxy groups -OCH3 is 2. The van der Waals surface area contributed by atoms with E-state index >= 15 is 0 Å². The average molecular weight is 570 g/mol. The van der Waals surface area contributed by atoms with E-state index in [1.54, 1.807) is 60.6 Å². The van der Waals surface area contributed by atoms with Gasteiger partial charge in [0.1, 0.15) is 0 Å². The van der Waals surface area contributed by atoms with Gasteiger partial charge in [0, 0.05) is 22.3 Å². The Morgan fingerprint density at radius 1 is 0.651 bits per heavy atom. The summed E-state index contributed by atoms with van der Waals surface area (Å²) in [5.41, 5.74) is 4.65. The number of hydrogen-bond acceptors (Lipinski definition) is 5. The number of Topliss-reactive ketones (excluding diaryl/α,β-unsaturated/α-hetero) is 1. The SMILES string of the molecule is COc1ccc(C(=O)/C=C/c2ccc(C(=O)N3C/C(=C\c4ccccc4)C(=O)/C(=C/c4ccccc4)C3)cc2)cc1OC. The Balaban J connectivity index is 1.35. The van der Waals surface area contributed by atoms with Crippen LogP contribution >= 0.6 is 0 Å². The fraction of sp³-hybridized carbons (Fsp3) is 0.108. The summed E-state index contributed by atoms with van der Waals surface area (Å²) < 4.78 is 10.5. The quantitative estimate of drug-likeness (QED) is 0.173. The lowest BCUT2D eigenvalue weighted by Crippen LogP contribution is -2.41. The minimum absolute atomic E-state index is 0.0589. The lowest BCUT2D eigenvalue weighted by molar-refractivity contribution is -0.113. The van der Waals surface area contributed by atoms with Crippen molar-refractivity contribution in [3.8, 4) is 11.5 Å². The minimum atomic E-state index is -0.186. The maximum absolute atomic E-state index is 13.6. The number of likely N-dealkylation sites (tertiary alicyclic amines) is 1. The molecule has 1 fully saturated rings. The van der Waals surface area contributed by atoms with E-state index in [0.29, 0.717) is 33.8 Å². The van der Waals surface area contributed by atoms with Gasteiger partial charge in [0.2, 0.25) is 0 Å². The van der Waals surface area contributed by atoms with Gasteiger partial charge in [-0.15, -0.1) is 0 Å². The highest BCUT2D eigenvalue weighted by Gasteiger charge is 2.29. The van der Waals surface area contributed by atoms with Crippen LogP contribution in [0.4, 0.5) is 0 Å². The standard InChI is InChI=1S/C37H31NO5/c1-42-34-20-18-30(23-35(34)43-2)33(39)19-15-26-13-16-29(17-14-26)37(41)38-24-31(21-27-9-5-3-6-10-27)36(40)32(25-38)22-28-11-7-4-8-12-28/h3-23H,24-25H2,1-2H3/b19-15+,31-21+,32-22+. The molecular weight excluding hydrogens is 538 g/mol. The van der Waals surface area contributed by atoms with E-state index in [4.69, 9.17) is 9.47 Å². The molecule has 0 saturated carbocycles. The molecule has 1 aliphatic rings. The monoisotopic (exact) mass is 569 g/mol. The molecule has 4 aromatic carbocycles. The van der Waals surface area contributed by atoms with Crippen LogP contribution in [0.1, 0.15) is 37.4 Å². The molecular formula is C37H31NO5. The topological polar surface area (TPSA) is 72.9 Å². The molecule has 0 bridgehead atoms. The molecule has 43 heavy (non-hydrogen) atoms. The second-order valence-corrected chi connectivity index (χ2v) is 10.0. The smallest absolute Gasteiger partial charge is 0.254 e. The summed E-state index contributed by atoms with van der Waals surface area (Å²) in [5.74, 6) is 0.604. The summed E-state index contributed by atoms with van der Waals surface area (Å²) in [6, 6.07) is 31.3. The number of carbonyl (C=O) groups is 3. The van der Waals surface area contributed by atoms with Crippen molar-refractivity contribution in [2.75, 3.05) is 27.3 Å². The summed E-state index contributed by atoms with van der Waals surface area (Å²) in [6.45, 7) is 0.417. The van der Waals surface area contributed by atoms with E-state index in [9.17, 15) is 14.4 Å². The summed E-state index contributed by atoms with van der Waals surface area (Å²) in [7, 11) is 3.06. The molecule has 0 spiro atoms. The van der Waals surface area contributed by atoms with Crippen LogP contribution in [0.5, 0.6) is 11.5 Å². The minimum Gasteiger partial charge on any atom is -0.493 e. The number of nitrogens with zero attached hydrogens (tertiary/aromatic N) is 1. The zero-order chi connectivity index (χ0) is 30.2. The molecule has 6 heteroatoms. The van der Waals surface area contributed by atoms with Gasteiger partial charge in [-0.05, 0) is 65.3 Å². The van der Waals surface area contributed by atoms with E-state index in [1.807, 2.05) is 72.8 Å². The van der Waals surface area contributed by atoms with Crippen molar-refractivity contribution in [1.29, 1.82) is 0 Å². The number of allylic oxidation sites excluding steroid dienone is 1. The second kappa shape index (κ2) is 13.4. The Morgan fingerprint density at radius 2 is 1.19 bits per heavy atom. The Kier molecular flexibility index (Phi) is 9.08. The Morgan fingerprint density at radius 3 is 1.72 bits per heavy atom. The second-order valence-electron chi connectivity index (χ2n) is 10.0. The molecule has 214 valence electrons. The van der Waals surface area contributed by atoms with E-state index < -0.39 is 0 Å². The highest BCUT2D eigenvalue weighted by atomic mass is 16.5. The predicted octanol–water partition coefficient (Wildman–Crippen LogP) is 6.79. The molecule has 1 amide bonds. The van der Waals surface area contributed by atoms with Gasteiger partial charge in [0.15, 0.2) is 23.1 Å². The average Bonchev–Trinajstić information content (AvgIpc) is 3.06. The van der Waals surface area contributed by atoms with E-state index in [2.05, 4.69) is 0 Å². The van der Waals surface area contributed by atoms with Crippen LogP contribution in [-0.4, -0.2) is 49.7 Å². The summed E-state index contributed by atoms with van der Waals surface area (Å²) in [4.78, 5) is 41.5. The lowest BCUT2D eigenvalue weighted by atomic mass is 9.93. The third kappa shape index (κ3) is 7.05. The Hall–Kier alpha value is -5.49. The largest absolute Gasteiger partial charge is 0.493 e. The number of benzene rings is 4. The van der Waals surface area contributed by atoms with Gasteiger partial charge < -0.3 is 14.4 Å². The van der Waals surface area contributed by atoms with Crippen LogP contribution in [0.15, 0.2) is 120 Å². The molecule has 5 rings (SSSR count). The fourth-order valence-corrected chi connectivity index (χ4v) is 4.86. The van der Waals surface area contributed by atoms with Crippen molar-refractivity contribution in [3.63, 3.8) is 0 Å². The molecule has 0 atom stereocenters. The van der Waals surface area contributed by atoms with Crippen LogP contribution in [-0.2, 0) is 4.79 Å². The number of ketones is 2. The first-order valence-corrected chi connectivity index (χ1v) is 13.8. The van der Waals surface area contributed by atoms with Gasteiger partial charge in [-0.25, -0.2) is 0 Å². The van der Waals surface area contributed by atoms with E-state index in [0.717, 1.165) is 16.7 Å². The molecule has 0 aliphatic carbocycles. The zero-order valence-corrected chi connectivity index (χ0v) is 24.0. The third-order valence-corrected chi connectivity index (χ3v) is 7.13. The van der Waals surface area contributed by atoms with Gasteiger partial charge in [0.05, 0.1) is 27.3 Å². The highest BCUT2D eigenvalue weighted by molar-refractivity contribution is 6.16. The van der Waals surface area contributed by atoms with Crippen molar-refractivity contribution in [3.05, 3.63) is 148 Å². The molecule has 1 saturated heterocycles. The number of amides is 1. The van der Waals surface area contributed by atoms with Gasteiger partial charge >= 0.3 is 0 Å². The number of hydrogen-bond donors (Lipinski definition) is 0. The van der Waals surface area contributed by atoms with Gasteiger partial charge in [-0.2, -0.15) is 0 Å². The van der Waals surface area contributed by atoms with Crippen LogP contribution < -0.4 is 9.47 Å². The van der Waals surface area contributed by atoms with Crippen LogP contribution in [0.3, 0.4) is 0 Å². The molecule has 1 heterocycles. The molecule has 0 radical (unpaired) electrons. The Bertz CT molecular complexity index is 1660. The normalized spacial score (nSPS) is 15.2. The first kappa shape index (κ1) is 29.0. The van der Waals surface area contributed by atoms with Crippen LogP contribution in [0, 0.1) is 0 Å². The van der Waals surface area contributed by atoms with Crippen LogP contribution in [0.25, 0.3) is 18.2 Å². The van der Waals surface area contributed by atoms with E-state index in [1.165, 1.54) is 13.2 Å². The first-order valence-electron chi connectivity index (χ1n) is 13.8. The van der Waals surface area contributed by atoms with Crippen molar-refractivity contribution < 1.29 is 23.9 Å². The highest BCUT2D eigenvalue weighted by Crippen LogP contribution is 2.28. The van der Waals surface area contributed by atoms with Gasteiger partial charge in [-0.3, -0.25) is 14.4 Å². The molecule has 0 aromatic heterocycles. The molecule has 6 nitrogen and oxygen atoms in total. The lowest BCUT2D eigenvalue weighted by Gasteiger charge is -2.30. The molecule has 1 aliphatic heterocycles. The maximum atomic E-state index is 13.6. The molecule has 0 unspecified atom stereocenters.